The largest absolute Gasteiger partial charge is 0.510 e. The molecule has 0 heterocycles. The van der Waals surface area contributed by atoms with Crippen molar-refractivity contribution < 1.29 is 14.6 Å². The molecule has 13 heavy (non-hydrogen) atoms. The van der Waals surface area contributed by atoms with Crippen molar-refractivity contribution in [2.45, 2.75) is 19.8 Å². The minimum absolute atomic E-state index is 0.000874. The SMILES string of the molecule is CCOC(=O)C(C#N)=C(O)C1CC1. The second-order valence-corrected chi connectivity index (χ2v) is 2.87. The quantitative estimate of drug-likeness (QED) is 0.308. The fraction of sp³-hybridized carbons (Fsp3) is 0.556. The fourth-order valence-electron chi connectivity index (χ4n) is 0.972. The Morgan fingerprint density at radius 1 is 1.69 bits per heavy atom. The summed E-state index contributed by atoms with van der Waals surface area (Å²) >= 11 is 0. The summed E-state index contributed by atoms with van der Waals surface area (Å²) in [5.41, 5.74) is -0.246. The van der Waals surface area contributed by atoms with Gasteiger partial charge in [-0.3, -0.25) is 0 Å². The van der Waals surface area contributed by atoms with Crippen LogP contribution in [0.1, 0.15) is 19.8 Å². The number of hydrogen-bond donors (Lipinski definition) is 1. The zero-order valence-corrected chi connectivity index (χ0v) is 7.41. The van der Waals surface area contributed by atoms with Crippen LogP contribution in [0.2, 0.25) is 0 Å². The second-order valence-electron chi connectivity index (χ2n) is 2.87. The first-order chi connectivity index (χ1) is 6.20. The average molecular weight is 181 g/mol. The standard InChI is InChI=1S/C9H11NO3/c1-2-13-9(12)7(5-10)8(11)6-3-4-6/h6,11H,2-4H2,1H3. The molecule has 4 nitrogen and oxygen atoms in total. The summed E-state index contributed by atoms with van der Waals surface area (Å²) in [6.45, 7) is 1.86. The van der Waals surface area contributed by atoms with Crippen molar-refractivity contribution in [3.05, 3.63) is 11.3 Å². The van der Waals surface area contributed by atoms with Gasteiger partial charge < -0.3 is 9.84 Å². The molecule has 0 unspecified atom stereocenters. The van der Waals surface area contributed by atoms with Crippen LogP contribution in [0.4, 0.5) is 0 Å². The lowest BCUT2D eigenvalue weighted by molar-refractivity contribution is -0.138. The second kappa shape index (κ2) is 3.94. The van der Waals surface area contributed by atoms with Crippen LogP contribution in [0.5, 0.6) is 0 Å². The molecule has 1 fully saturated rings. The predicted octanol–water partition coefficient (Wildman–Crippen LogP) is 1.30. The van der Waals surface area contributed by atoms with Crippen molar-refractivity contribution in [3.8, 4) is 6.07 Å². The van der Waals surface area contributed by atoms with Crippen molar-refractivity contribution in [1.82, 2.24) is 0 Å². The lowest BCUT2D eigenvalue weighted by Crippen LogP contribution is -2.09. The van der Waals surface area contributed by atoms with Crippen LogP contribution in [0.25, 0.3) is 0 Å². The van der Waals surface area contributed by atoms with E-state index in [4.69, 9.17) is 5.26 Å². The van der Waals surface area contributed by atoms with Gasteiger partial charge in [-0.25, -0.2) is 4.79 Å². The molecule has 0 saturated heterocycles. The number of carbonyl (C=O) groups is 1. The number of aliphatic hydroxyl groups is 1. The van der Waals surface area contributed by atoms with E-state index in [2.05, 4.69) is 4.74 Å². The fourth-order valence-corrected chi connectivity index (χ4v) is 0.972. The molecule has 0 aromatic heterocycles. The van der Waals surface area contributed by atoms with Crippen LogP contribution in [0.15, 0.2) is 11.3 Å². The molecule has 1 rings (SSSR count). The first-order valence-electron chi connectivity index (χ1n) is 4.21. The first-order valence-corrected chi connectivity index (χ1v) is 4.21. The Morgan fingerprint density at radius 2 is 2.31 bits per heavy atom. The molecule has 1 N–H and O–H groups in total. The van der Waals surface area contributed by atoms with E-state index in [9.17, 15) is 9.90 Å². The van der Waals surface area contributed by atoms with Crippen LogP contribution in [-0.4, -0.2) is 17.7 Å². The smallest absolute Gasteiger partial charge is 0.352 e. The van der Waals surface area contributed by atoms with Gasteiger partial charge in [-0.15, -0.1) is 0 Å². The number of hydrogen-bond acceptors (Lipinski definition) is 4. The Bertz CT molecular complexity index is 284. The van der Waals surface area contributed by atoms with Gasteiger partial charge in [-0.05, 0) is 19.8 Å². The summed E-state index contributed by atoms with van der Waals surface area (Å²) in [4.78, 5) is 11.1. The van der Waals surface area contributed by atoms with Crippen LogP contribution in [-0.2, 0) is 9.53 Å². The van der Waals surface area contributed by atoms with Crippen LogP contribution in [0.3, 0.4) is 0 Å². The number of nitriles is 1. The van der Waals surface area contributed by atoms with Crippen molar-refractivity contribution in [2.75, 3.05) is 6.61 Å². The highest BCUT2D eigenvalue weighted by molar-refractivity contribution is 5.93. The van der Waals surface area contributed by atoms with Gasteiger partial charge in [0.1, 0.15) is 11.8 Å². The molecule has 0 radical (unpaired) electrons. The van der Waals surface area contributed by atoms with Gasteiger partial charge in [0.25, 0.3) is 0 Å². The average Bonchev–Trinajstić information content (AvgIpc) is 2.88. The van der Waals surface area contributed by atoms with Gasteiger partial charge in [-0.2, -0.15) is 5.26 Å². The molecular weight excluding hydrogens is 170 g/mol. The van der Waals surface area contributed by atoms with E-state index in [1.54, 1.807) is 13.0 Å². The third-order valence-electron chi connectivity index (χ3n) is 1.81. The molecule has 0 atom stereocenters. The molecule has 0 bridgehead atoms. The van der Waals surface area contributed by atoms with Gasteiger partial charge in [0.15, 0.2) is 5.57 Å². The Balaban J connectivity index is 2.77. The van der Waals surface area contributed by atoms with Crippen molar-refractivity contribution in [1.29, 1.82) is 5.26 Å². The lowest BCUT2D eigenvalue weighted by Gasteiger charge is -2.01. The highest BCUT2D eigenvalue weighted by Gasteiger charge is 2.31. The van der Waals surface area contributed by atoms with Crippen LogP contribution >= 0.6 is 0 Å². The highest BCUT2D eigenvalue weighted by Crippen LogP contribution is 2.36. The monoisotopic (exact) mass is 181 g/mol. The van der Waals surface area contributed by atoms with Crippen molar-refractivity contribution in [3.63, 3.8) is 0 Å². The topological polar surface area (TPSA) is 70.3 Å². The molecule has 1 aliphatic rings. The first kappa shape index (κ1) is 9.59. The van der Waals surface area contributed by atoms with Gasteiger partial charge in [-0.1, -0.05) is 0 Å². The van der Waals surface area contributed by atoms with E-state index in [1.165, 1.54) is 0 Å². The molecule has 4 heteroatoms. The van der Waals surface area contributed by atoms with E-state index in [0.717, 1.165) is 12.8 Å². The maximum absolute atomic E-state index is 11.1. The van der Waals surface area contributed by atoms with Gasteiger partial charge in [0, 0.05) is 5.92 Å². The zero-order chi connectivity index (χ0) is 9.84. The summed E-state index contributed by atoms with van der Waals surface area (Å²) in [7, 11) is 0. The van der Waals surface area contributed by atoms with E-state index in [-0.39, 0.29) is 23.9 Å². The van der Waals surface area contributed by atoms with Gasteiger partial charge in [0.2, 0.25) is 0 Å². The van der Waals surface area contributed by atoms with Crippen LogP contribution < -0.4 is 0 Å². The number of rotatable bonds is 3. The number of aliphatic hydroxyl groups excluding tert-OH is 1. The zero-order valence-electron chi connectivity index (χ0n) is 7.41. The molecule has 0 aromatic rings. The molecular formula is C9H11NO3. The highest BCUT2D eigenvalue weighted by atomic mass is 16.5. The lowest BCUT2D eigenvalue weighted by atomic mass is 10.2. The van der Waals surface area contributed by atoms with E-state index < -0.39 is 5.97 Å². The molecule has 70 valence electrons. The van der Waals surface area contributed by atoms with E-state index >= 15 is 0 Å². The van der Waals surface area contributed by atoms with Crippen molar-refractivity contribution in [2.24, 2.45) is 5.92 Å². The Labute approximate surface area is 76.4 Å². The van der Waals surface area contributed by atoms with Crippen molar-refractivity contribution >= 4 is 5.97 Å². The minimum Gasteiger partial charge on any atom is -0.510 e. The summed E-state index contributed by atoms with van der Waals surface area (Å²) in [6, 6.07) is 1.66. The number of esters is 1. The Kier molecular flexibility index (Phi) is 2.91. The third kappa shape index (κ3) is 2.22. The van der Waals surface area contributed by atoms with Gasteiger partial charge >= 0.3 is 5.97 Å². The normalized spacial score (nSPS) is 17.2. The number of allylic oxidation sites excluding steroid dienone is 1. The minimum atomic E-state index is -0.727. The molecule has 0 amide bonds. The van der Waals surface area contributed by atoms with E-state index in [0.29, 0.717) is 0 Å². The predicted molar refractivity (Wildman–Crippen MR) is 44.6 cm³/mol. The van der Waals surface area contributed by atoms with Crippen LogP contribution in [0, 0.1) is 17.2 Å². The maximum atomic E-state index is 11.1. The molecule has 1 saturated carbocycles. The summed E-state index contributed by atoms with van der Waals surface area (Å²) < 4.78 is 4.61. The number of carbonyl (C=O) groups excluding carboxylic acids is 1. The number of nitrogens with zero attached hydrogens (tertiary/aromatic N) is 1. The summed E-state index contributed by atoms with van der Waals surface area (Å²) in [6.07, 6.45) is 1.69. The third-order valence-corrected chi connectivity index (χ3v) is 1.81. The molecule has 0 aromatic carbocycles. The maximum Gasteiger partial charge on any atom is 0.352 e. The summed E-state index contributed by atoms with van der Waals surface area (Å²) in [5.74, 6) is -0.839. The Hall–Kier alpha value is -1.50. The molecule has 0 spiro atoms. The van der Waals surface area contributed by atoms with Gasteiger partial charge in [0.05, 0.1) is 6.61 Å². The van der Waals surface area contributed by atoms with E-state index in [1.807, 2.05) is 0 Å². The molecule has 1 aliphatic carbocycles. The molecule has 0 aliphatic heterocycles. The number of ether oxygens (including phenoxy) is 1. The Morgan fingerprint density at radius 3 is 2.69 bits per heavy atom. The summed E-state index contributed by atoms with van der Waals surface area (Å²) in [5, 5.41) is 18.0.